The third-order valence-electron chi connectivity index (χ3n) is 3.46. The highest BCUT2D eigenvalue weighted by atomic mass is 79.9. The van der Waals surface area contributed by atoms with Crippen LogP contribution in [0.15, 0.2) is 39.7 Å². The monoisotopic (exact) mass is 445 g/mol. The summed E-state index contributed by atoms with van der Waals surface area (Å²) in [6.07, 6.45) is 0. The molecule has 0 saturated heterocycles. The maximum atomic E-state index is 14.2. The van der Waals surface area contributed by atoms with Gasteiger partial charge >= 0.3 is 5.97 Å². The lowest BCUT2D eigenvalue weighted by Gasteiger charge is -2.14. The first-order valence-corrected chi connectivity index (χ1v) is 9.80. The van der Waals surface area contributed by atoms with E-state index in [1.807, 2.05) is 0 Å². The Morgan fingerprint density at radius 2 is 1.96 bits per heavy atom. The van der Waals surface area contributed by atoms with Crippen LogP contribution < -0.4 is 9.46 Å². The number of nitrogens with one attached hydrogen (secondary N) is 1. The zero-order valence-corrected chi connectivity index (χ0v) is 16.7. The maximum Gasteiger partial charge on any atom is 0.338 e. The zero-order valence-electron chi connectivity index (χ0n) is 14.3. The highest BCUT2D eigenvalue weighted by Gasteiger charge is 2.23. The molecule has 0 aliphatic carbocycles. The molecule has 0 aliphatic heterocycles. The Hall–Kier alpha value is -2.13. The normalized spacial score (nSPS) is 11.1. The minimum absolute atomic E-state index is 0.0111. The Morgan fingerprint density at radius 3 is 2.54 bits per heavy atom. The smallest absolute Gasteiger partial charge is 0.338 e. The first-order chi connectivity index (χ1) is 12.2. The Bertz CT molecular complexity index is 946. The predicted molar refractivity (Wildman–Crippen MR) is 98.6 cm³/mol. The number of benzene rings is 2. The van der Waals surface area contributed by atoms with Crippen LogP contribution in [0.4, 0.5) is 10.1 Å². The minimum atomic E-state index is -4.12. The number of methoxy groups -OCH3 is 1. The molecular formula is C17H17BrFNO5S. The van der Waals surface area contributed by atoms with Crippen molar-refractivity contribution < 1.29 is 27.1 Å². The number of carbonyl (C=O) groups is 1. The van der Waals surface area contributed by atoms with Gasteiger partial charge in [-0.25, -0.2) is 17.6 Å². The highest BCUT2D eigenvalue weighted by Crippen LogP contribution is 2.32. The van der Waals surface area contributed by atoms with Crippen molar-refractivity contribution in [3.05, 3.63) is 51.7 Å². The molecule has 6 nitrogen and oxygen atoms in total. The second-order valence-corrected chi connectivity index (χ2v) is 7.78. The van der Waals surface area contributed by atoms with Gasteiger partial charge in [0.15, 0.2) is 0 Å². The molecule has 0 aliphatic rings. The fraction of sp³-hybridized carbons (Fsp3) is 0.235. The van der Waals surface area contributed by atoms with Crippen LogP contribution in [0.3, 0.4) is 0 Å². The number of rotatable bonds is 6. The van der Waals surface area contributed by atoms with Crippen LogP contribution in [0, 0.1) is 12.7 Å². The van der Waals surface area contributed by atoms with E-state index in [9.17, 15) is 17.6 Å². The Balaban J connectivity index is 2.39. The molecule has 0 saturated carbocycles. The van der Waals surface area contributed by atoms with Crippen LogP contribution in [-0.4, -0.2) is 28.1 Å². The summed E-state index contributed by atoms with van der Waals surface area (Å²) in [7, 11) is -2.78. The first-order valence-electron chi connectivity index (χ1n) is 7.53. The van der Waals surface area contributed by atoms with Gasteiger partial charge in [-0.15, -0.1) is 0 Å². The van der Waals surface area contributed by atoms with E-state index < -0.39 is 21.8 Å². The molecule has 0 unspecified atom stereocenters. The van der Waals surface area contributed by atoms with Crippen LogP contribution >= 0.6 is 15.9 Å². The Morgan fingerprint density at radius 1 is 1.27 bits per heavy atom. The number of hydrogen-bond acceptors (Lipinski definition) is 5. The lowest BCUT2D eigenvalue weighted by molar-refractivity contribution is 0.0526. The molecule has 0 fully saturated rings. The van der Waals surface area contributed by atoms with Gasteiger partial charge < -0.3 is 9.47 Å². The molecule has 0 spiro atoms. The summed E-state index contributed by atoms with van der Waals surface area (Å²) in [5.74, 6) is -1.46. The van der Waals surface area contributed by atoms with Crippen molar-refractivity contribution >= 4 is 37.6 Å². The van der Waals surface area contributed by atoms with Gasteiger partial charge in [-0.2, -0.15) is 0 Å². The summed E-state index contributed by atoms with van der Waals surface area (Å²) in [6, 6.07) is 6.29. The summed E-state index contributed by atoms with van der Waals surface area (Å²) in [5.41, 5.74) is 0.477. The molecule has 9 heteroatoms. The Labute approximate surface area is 159 Å². The van der Waals surface area contributed by atoms with Crippen molar-refractivity contribution in [2.75, 3.05) is 18.4 Å². The summed E-state index contributed by atoms with van der Waals surface area (Å²) in [4.78, 5) is 11.5. The molecule has 140 valence electrons. The lowest BCUT2D eigenvalue weighted by atomic mass is 10.2. The second-order valence-electron chi connectivity index (χ2n) is 5.27. The van der Waals surface area contributed by atoms with Gasteiger partial charge in [-0.1, -0.05) is 15.9 Å². The molecule has 2 aromatic rings. The van der Waals surface area contributed by atoms with E-state index in [1.165, 1.54) is 19.2 Å². The van der Waals surface area contributed by atoms with Gasteiger partial charge in [-0.3, -0.25) is 4.72 Å². The van der Waals surface area contributed by atoms with Crippen LogP contribution in [0.25, 0.3) is 0 Å². The first kappa shape index (κ1) is 20.2. The summed E-state index contributed by atoms with van der Waals surface area (Å²) in [5, 5.41) is 0. The molecule has 0 aromatic heterocycles. The summed E-state index contributed by atoms with van der Waals surface area (Å²) < 4.78 is 52.2. The van der Waals surface area contributed by atoms with Gasteiger partial charge in [0.2, 0.25) is 0 Å². The van der Waals surface area contributed by atoms with Crippen molar-refractivity contribution in [1.82, 2.24) is 0 Å². The van der Waals surface area contributed by atoms with E-state index in [2.05, 4.69) is 20.7 Å². The van der Waals surface area contributed by atoms with Gasteiger partial charge in [-0.05, 0) is 49.7 Å². The third kappa shape index (κ3) is 4.34. The predicted octanol–water partition coefficient (Wildman–Crippen LogP) is 3.88. The van der Waals surface area contributed by atoms with E-state index in [0.29, 0.717) is 4.47 Å². The molecule has 0 amide bonds. The molecule has 0 atom stereocenters. The van der Waals surface area contributed by atoms with Crippen molar-refractivity contribution in [3.63, 3.8) is 0 Å². The molecule has 2 aromatic carbocycles. The van der Waals surface area contributed by atoms with E-state index in [0.717, 1.165) is 17.7 Å². The zero-order chi connectivity index (χ0) is 19.5. The quantitative estimate of drug-likeness (QED) is 0.682. The largest absolute Gasteiger partial charge is 0.495 e. The average molecular weight is 446 g/mol. The summed E-state index contributed by atoms with van der Waals surface area (Å²) in [6.45, 7) is 3.56. The topological polar surface area (TPSA) is 81.7 Å². The number of anilines is 1. The van der Waals surface area contributed by atoms with Gasteiger partial charge in [0.1, 0.15) is 16.5 Å². The standard InChI is InChI=1S/C17H17BrFNO5S/c1-4-25-17(21)11-5-6-14(13(19)8-11)20-26(22,23)16-9-12(18)10(2)7-15(16)24-3/h5-9,20H,4H2,1-3H3. The van der Waals surface area contributed by atoms with Gasteiger partial charge in [0.25, 0.3) is 10.0 Å². The molecule has 1 N–H and O–H groups in total. The van der Waals surface area contributed by atoms with Crippen LogP contribution in [0.5, 0.6) is 5.75 Å². The average Bonchev–Trinajstić information content (AvgIpc) is 2.58. The number of aryl methyl sites for hydroxylation is 1. The molecular weight excluding hydrogens is 429 g/mol. The fourth-order valence-corrected chi connectivity index (χ4v) is 3.89. The van der Waals surface area contributed by atoms with Crippen LogP contribution in [-0.2, 0) is 14.8 Å². The van der Waals surface area contributed by atoms with E-state index in [1.54, 1.807) is 19.9 Å². The number of carbonyl (C=O) groups excluding carboxylic acids is 1. The number of esters is 1. The Kier molecular flexibility index (Phi) is 6.25. The SMILES string of the molecule is CCOC(=O)c1ccc(NS(=O)(=O)c2cc(Br)c(C)cc2OC)c(F)c1. The van der Waals surface area contributed by atoms with Crippen LogP contribution in [0.1, 0.15) is 22.8 Å². The molecule has 26 heavy (non-hydrogen) atoms. The fourth-order valence-electron chi connectivity index (χ4n) is 2.15. The van der Waals surface area contributed by atoms with E-state index in [4.69, 9.17) is 9.47 Å². The third-order valence-corrected chi connectivity index (χ3v) is 5.70. The van der Waals surface area contributed by atoms with Crippen molar-refractivity contribution in [2.45, 2.75) is 18.7 Å². The summed E-state index contributed by atoms with van der Waals surface area (Å²) >= 11 is 3.27. The number of ether oxygens (including phenoxy) is 2. The van der Waals surface area contributed by atoms with Gasteiger partial charge in [0, 0.05) is 4.47 Å². The van der Waals surface area contributed by atoms with Crippen molar-refractivity contribution in [3.8, 4) is 5.75 Å². The van der Waals surface area contributed by atoms with Crippen molar-refractivity contribution in [1.29, 1.82) is 0 Å². The van der Waals surface area contributed by atoms with Gasteiger partial charge in [0.05, 0.1) is 25.0 Å². The molecule has 0 heterocycles. The van der Waals surface area contributed by atoms with E-state index >= 15 is 0 Å². The van der Waals surface area contributed by atoms with Crippen molar-refractivity contribution in [2.24, 2.45) is 0 Å². The maximum absolute atomic E-state index is 14.2. The number of hydrogen-bond donors (Lipinski definition) is 1. The highest BCUT2D eigenvalue weighted by molar-refractivity contribution is 9.10. The second kappa shape index (κ2) is 8.05. The molecule has 0 bridgehead atoms. The number of sulfonamides is 1. The minimum Gasteiger partial charge on any atom is -0.495 e. The lowest BCUT2D eigenvalue weighted by Crippen LogP contribution is -2.16. The molecule has 2 rings (SSSR count). The molecule has 0 radical (unpaired) electrons. The number of halogens is 2. The van der Waals surface area contributed by atoms with E-state index in [-0.39, 0.29) is 28.5 Å². The van der Waals surface area contributed by atoms with Crippen LogP contribution in [0.2, 0.25) is 0 Å².